The van der Waals surface area contributed by atoms with E-state index >= 15 is 0 Å². The molecule has 1 fully saturated rings. The molecule has 1 aliphatic rings. The number of non-ortho nitro benzene ring substituents is 2. The number of carbonyl (C=O) groups is 3. The van der Waals surface area contributed by atoms with Gasteiger partial charge in [-0.1, -0.05) is 0 Å². The Morgan fingerprint density at radius 2 is 1.76 bits per heavy atom. The van der Waals surface area contributed by atoms with Crippen LogP contribution in [0.4, 0.5) is 11.4 Å². The molecule has 11 heteroatoms. The van der Waals surface area contributed by atoms with E-state index in [1.165, 1.54) is 0 Å². The zero-order valence-corrected chi connectivity index (χ0v) is 13.0. The average molecular weight is 351 g/mol. The zero-order valence-electron chi connectivity index (χ0n) is 13.0. The number of esters is 1. The van der Waals surface area contributed by atoms with Gasteiger partial charge in [0.1, 0.15) is 6.04 Å². The van der Waals surface area contributed by atoms with E-state index in [0.717, 1.165) is 12.1 Å². The van der Waals surface area contributed by atoms with E-state index < -0.39 is 50.6 Å². The molecule has 11 nitrogen and oxygen atoms in total. The minimum Gasteiger partial charge on any atom is -0.464 e. The zero-order chi connectivity index (χ0) is 18.7. The van der Waals surface area contributed by atoms with E-state index in [4.69, 9.17) is 4.74 Å². The number of likely N-dealkylation sites (tertiary alicyclic amines) is 1. The van der Waals surface area contributed by atoms with Crippen LogP contribution in [0.15, 0.2) is 18.2 Å². The highest BCUT2D eigenvalue weighted by molar-refractivity contribution is 6.09. The second-order valence-electron chi connectivity index (χ2n) is 5.13. The topological polar surface area (TPSA) is 150 Å². The number of benzene rings is 1. The van der Waals surface area contributed by atoms with Crippen molar-refractivity contribution in [1.29, 1.82) is 0 Å². The van der Waals surface area contributed by atoms with Crippen LogP contribution in [0.1, 0.15) is 30.1 Å². The van der Waals surface area contributed by atoms with Crippen molar-refractivity contribution < 1.29 is 29.0 Å². The van der Waals surface area contributed by atoms with Gasteiger partial charge in [-0.05, 0) is 13.3 Å². The van der Waals surface area contributed by atoms with Crippen LogP contribution in [-0.4, -0.2) is 45.2 Å². The lowest BCUT2D eigenvalue weighted by Gasteiger charge is -2.21. The number of rotatable bonds is 5. The summed E-state index contributed by atoms with van der Waals surface area (Å²) in [5.74, 6) is -2.45. The summed E-state index contributed by atoms with van der Waals surface area (Å²) in [6.07, 6.45) is -0.0212. The number of amides is 2. The largest absolute Gasteiger partial charge is 0.464 e. The standard InChI is InChI=1S/C14H13N3O8/c1-2-25-14(20)11-3-4-12(18)15(11)13(19)8-5-9(16(21)22)7-10(6-8)17(23)24/h5-7,11H,2-4H2,1H3/t11-/m0/s1. The SMILES string of the molecule is CCOC(=O)[C@@H]1CCC(=O)N1C(=O)c1cc([N+](=O)[O-])cc([N+](=O)[O-])c1. The Bertz CT molecular complexity index is 743. The van der Waals surface area contributed by atoms with Crippen molar-refractivity contribution in [2.45, 2.75) is 25.8 Å². The van der Waals surface area contributed by atoms with E-state index in [2.05, 4.69) is 0 Å². The summed E-state index contributed by atoms with van der Waals surface area (Å²) >= 11 is 0. The molecule has 0 N–H and O–H groups in total. The molecule has 1 saturated heterocycles. The molecule has 0 saturated carbocycles. The lowest BCUT2D eigenvalue weighted by Crippen LogP contribution is -2.43. The average Bonchev–Trinajstić information content (AvgIpc) is 2.95. The number of nitro groups is 2. The molecule has 0 aliphatic carbocycles. The highest BCUT2D eigenvalue weighted by Crippen LogP contribution is 2.27. The summed E-state index contributed by atoms with van der Waals surface area (Å²) in [5, 5.41) is 21.8. The van der Waals surface area contributed by atoms with Crippen molar-refractivity contribution in [2.75, 3.05) is 6.61 Å². The molecule has 1 aromatic carbocycles. The van der Waals surface area contributed by atoms with E-state index in [9.17, 15) is 34.6 Å². The van der Waals surface area contributed by atoms with Crippen molar-refractivity contribution in [3.05, 3.63) is 44.0 Å². The number of imide groups is 1. The van der Waals surface area contributed by atoms with Gasteiger partial charge >= 0.3 is 5.97 Å². The Hall–Kier alpha value is -3.37. The molecule has 0 radical (unpaired) electrons. The monoisotopic (exact) mass is 351 g/mol. The number of ether oxygens (including phenoxy) is 1. The van der Waals surface area contributed by atoms with Crippen LogP contribution in [0.2, 0.25) is 0 Å². The first kappa shape index (κ1) is 18.0. The maximum atomic E-state index is 12.6. The number of carbonyl (C=O) groups excluding carboxylic acids is 3. The first-order valence-electron chi connectivity index (χ1n) is 7.23. The maximum absolute atomic E-state index is 12.6. The molecule has 2 rings (SSSR count). The molecular weight excluding hydrogens is 338 g/mol. The van der Waals surface area contributed by atoms with Gasteiger partial charge in [0.25, 0.3) is 17.3 Å². The minimum atomic E-state index is -1.15. The number of nitro benzene ring substituents is 2. The fourth-order valence-corrected chi connectivity index (χ4v) is 2.47. The number of hydrogen-bond acceptors (Lipinski definition) is 8. The van der Waals surface area contributed by atoms with Gasteiger partial charge in [0.15, 0.2) is 0 Å². The van der Waals surface area contributed by atoms with Crippen molar-refractivity contribution in [1.82, 2.24) is 4.90 Å². The lowest BCUT2D eigenvalue weighted by atomic mass is 10.1. The Morgan fingerprint density at radius 1 is 1.20 bits per heavy atom. The molecule has 0 unspecified atom stereocenters. The maximum Gasteiger partial charge on any atom is 0.329 e. The van der Waals surface area contributed by atoms with Crippen LogP contribution >= 0.6 is 0 Å². The van der Waals surface area contributed by atoms with Crippen molar-refractivity contribution in [3.63, 3.8) is 0 Å². The molecule has 1 heterocycles. The van der Waals surface area contributed by atoms with E-state index in [1.54, 1.807) is 6.92 Å². The van der Waals surface area contributed by atoms with Gasteiger partial charge in [0.2, 0.25) is 5.91 Å². The quantitative estimate of drug-likeness (QED) is 0.332. The Kier molecular flexibility index (Phi) is 5.05. The third-order valence-electron chi connectivity index (χ3n) is 3.56. The summed E-state index contributed by atoms with van der Waals surface area (Å²) < 4.78 is 4.81. The van der Waals surface area contributed by atoms with Gasteiger partial charge in [-0.25, -0.2) is 4.79 Å². The van der Waals surface area contributed by atoms with Gasteiger partial charge < -0.3 is 4.74 Å². The molecule has 0 aromatic heterocycles. The van der Waals surface area contributed by atoms with Crippen molar-refractivity contribution in [3.8, 4) is 0 Å². The van der Waals surface area contributed by atoms with Gasteiger partial charge in [0.05, 0.1) is 28.1 Å². The van der Waals surface area contributed by atoms with Crippen LogP contribution < -0.4 is 0 Å². The van der Waals surface area contributed by atoms with Crippen molar-refractivity contribution in [2.24, 2.45) is 0 Å². The highest BCUT2D eigenvalue weighted by Gasteiger charge is 2.42. The Labute approximate surface area is 140 Å². The third kappa shape index (κ3) is 3.59. The van der Waals surface area contributed by atoms with Crippen molar-refractivity contribution >= 4 is 29.2 Å². The fraction of sp³-hybridized carbons (Fsp3) is 0.357. The Balaban J connectivity index is 2.44. The molecule has 132 valence electrons. The fourth-order valence-electron chi connectivity index (χ4n) is 2.47. The lowest BCUT2D eigenvalue weighted by molar-refractivity contribution is -0.394. The molecule has 2 amide bonds. The molecule has 0 bridgehead atoms. The first-order chi connectivity index (χ1) is 11.8. The minimum absolute atomic E-state index is 0.0494. The van der Waals surface area contributed by atoms with Crippen LogP contribution in [0.5, 0.6) is 0 Å². The summed E-state index contributed by atoms with van der Waals surface area (Å²) in [6.45, 7) is 1.61. The van der Waals surface area contributed by atoms with E-state index in [-0.39, 0.29) is 19.4 Å². The van der Waals surface area contributed by atoms with Gasteiger partial charge in [-0.15, -0.1) is 0 Å². The smallest absolute Gasteiger partial charge is 0.329 e. The second kappa shape index (κ2) is 7.03. The Morgan fingerprint density at radius 3 is 2.24 bits per heavy atom. The first-order valence-corrected chi connectivity index (χ1v) is 7.23. The number of nitrogens with zero attached hydrogens (tertiary/aromatic N) is 3. The van der Waals surface area contributed by atoms with Crippen LogP contribution in [-0.2, 0) is 14.3 Å². The molecule has 1 atom stereocenters. The molecule has 1 aromatic rings. The molecule has 0 spiro atoms. The molecular formula is C14H13N3O8. The third-order valence-corrected chi connectivity index (χ3v) is 3.56. The van der Waals surface area contributed by atoms with Crippen LogP contribution in [0.25, 0.3) is 0 Å². The van der Waals surface area contributed by atoms with E-state index in [0.29, 0.717) is 11.0 Å². The van der Waals surface area contributed by atoms with E-state index in [1.807, 2.05) is 0 Å². The van der Waals surface area contributed by atoms with Gasteiger partial charge in [-0.2, -0.15) is 0 Å². The highest BCUT2D eigenvalue weighted by atomic mass is 16.6. The predicted octanol–water partition coefficient (Wildman–Crippen LogP) is 1.20. The normalized spacial score (nSPS) is 16.6. The summed E-state index contributed by atoms with van der Waals surface area (Å²) in [6, 6.07) is 1.19. The van der Waals surface area contributed by atoms with Crippen LogP contribution in [0, 0.1) is 20.2 Å². The van der Waals surface area contributed by atoms with Gasteiger partial charge in [0, 0.05) is 18.6 Å². The number of hydrogen-bond donors (Lipinski definition) is 0. The summed E-state index contributed by atoms with van der Waals surface area (Å²) in [7, 11) is 0. The summed E-state index contributed by atoms with van der Waals surface area (Å²) in [4.78, 5) is 57.1. The van der Waals surface area contributed by atoms with Gasteiger partial charge in [-0.3, -0.25) is 34.7 Å². The second-order valence-corrected chi connectivity index (χ2v) is 5.13. The molecule has 1 aliphatic heterocycles. The summed E-state index contributed by atoms with van der Waals surface area (Å²) in [5.41, 5.74) is -1.76. The van der Waals surface area contributed by atoms with Crippen LogP contribution in [0.3, 0.4) is 0 Å². The predicted molar refractivity (Wildman–Crippen MR) is 80.6 cm³/mol. The molecule has 25 heavy (non-hydrogen) atoms.